The fourth-order valence-corrected chi connectivity index (χ4v) is 3.56. The highest BCUT2D eigenvalue weighted by molar-refractivity contribution is 5.88. The summed E-state index contributed by atoms with van der Waals surface area (Å²) < 4.78 is 5.25. The quantitative estimate of drug-likeness (QED) is 0.879. The monoisotopic (exact) mass is 261 g/mol. The summed E-state index contributed by atoms with van der Waals surface area (Å²) in [5.41, 5.74) is 2.35. The van der Waals surface area contributed by atoms with Crippen molar-refractivity contribution in [3.05, 3.63) is 23.1 Å². The third-order valence-corrected chi connectivity index (χ3v) is 4.79. The minimum absolute atomic E-state index is 0.0389. The molecule has 1 heterocycles. The molecule has 0 atom stereocenters. The highest BCUT2D eigenvalue weighted by Crippen LogP contribution is 2.49. The Bertz CT molecular complexity index is 536. The molecule has 1 aromatic heterocycles. The average Bonchev–Trinajstić information content (AvgIpc) is 2.98. The molecular weight excluding hydrogens is 242 g/mol. The Labute approximate surface area is 112 Å². The zero-order valence-electron chi connectivity index (χ0n) is 11.2. The lowest BCUT2D eigenvalue weighted by molar-refractivity contribution is 0.0685. The average molecular weight is 261 g/mol. The summed E-state index contributed by atoms with van der Waals surface area (Å²) in [5, 5.41) is 12.7. The van der Waals surface area contributed by atoms with Gasteiger partial charge in [-0.2, -0.15) is 0 Å². The lowest BCUT2D eigenvalue weighted by atomic mass is 9.73. The number of rotatable bonds is 2. The Hall–Kier alpha value is -1.58. The number of carbonyl (C=O) groups is 1. The Morgan fingerprint density at radius 2 is 2.11 bits per heavy atom. The fraction of sp³-hybridized carbons (Fsp3) is 0.600. The topological polar surface area (TPSA) is 63.3 Å². The number of aromatic nitrogens is 1. The molecule has 1 spiro atoms. The fourth-order valence-electron chi connectivity index (χ4n) is 3.56. The molecule has 4 nitrogen and oxygen atoms in total. The Morgan fingerprint density at radius 1 is 1.37 bits per heavy atom. The predicted octanol–water partition coefficient (Wildman–Crippen LogP) is 3.81. The maximum absolute atomic E-state index is 11.0. The maximum Gasteiger partial charge on any atom is 0.358 e. The highest BCUT2D eigenvalue weighted by atomic mass is 16.5. The molecule has 1 saturated carbocycles. The third-order valence-electron chi connectivity index (χ3n) is 4.79. The number of hydrogen-bond donors (Lipinski definition) is 1. The summed E-state index contributed by atoms with van der Waals surface area (Å²) in [5.74, 6) is -0.346. The van der Waals surface area contributed by atoms with Gasteiger partial charge in [0.2, 0.25) is 0 Å². The van der Waals surface area contributed by atoms with Crippen molar-refractivity contribution < 1.29 is 14.4 Å². The first-order valence-electron chi connectivity index (χ1n) is 7.00. The van der Waals surface area contributed by atoms with E-state index in [9.17, 15) is 4.79 Å². The normalized spacial score (nSPS) is 21.6. The second kappa shape index (κ2) is 4.51. The van der Waals surface area contributed by atoms with Crippen molar-refractivity contribution in [2.24, 2.45) is 5.41 Å². The summed E-state index contributed by atoms with van der Waals surface area (Å²) in [6, 6.07) is 0. The Morgan fingerprint density at radius 3 is 2.63 bits per heavy atom. The zero-order chi connectivity index (χ0) is 13.5. The number of carboxylic acid groups (broad SMARTS) is 1. The van der Waals surface area contributed by atoms with Gasteiger partial charge in [-0.3, -0.25) is 0 Å². The van der Waals surface area contributed by atoms with E-state index in [0.29, 0.717) is 16.7 Å². The molecule has 2 aliphatic carbocycles. The first-order chi connectivity index (χ1) is 9.11. The van der Waals surface area contributed by atoms with E-state index in [0.717, 1.165) is 18.4 Å². The van der Waals surface area contributed by atoms with Crippen LogP contribution in [0, 0.1) is 12.3 Å². The van der Waals surface area contributed by atoms with Crippen molar-refractivity contribution in [2.45, 2.75) is 51.9 Å². The van der Waals surface area contributed by atoms with E-state index in [1.807, 2.05) is 0 Å². The first-order valence-corrected chi connectivity index (χ1v) is 7.00. The molecule has 3 rings (SSSR count). The van der Waals surface area contributed by atoms with Crippen LogP contribution < -0.4 is 0 Å². The molecule has 1 N–H and O–H groups in total. The molecule has 1 aromatic rings. The number of allylic oxidation sites excluding steroid dienone is 2. The van der Waals surface area contributed by atoms with Gasteiger partial charge in [0, 0.05) is 5.56 Å². The minimum Gasteiger partial charge on any atom is -0.476 e. The van der Waals surface area contributed by atoms with Crippen LogP contribution in [-0.4, -0.2) is 16.2 Å². The second-order valence-corrected chi connectivity index (χ2v) is 5.93. The lowest BCUT2D eigenvalue weighted by Crippen LogP contribution is -2.18. The number of carboxylic acids is 1. The standard InChI is InChI=1S/C15H19NO3/c1-10-12(14(17)18)16-19-13(10)11-4-8-15(9-5-11)6-2-3-7-15/h4H,2-3,5-9H2,1H3,(H,17,18). The molecule has 0 unspecified atom stereocenters. The maximum atomic E-state index is 11.0. The van der Waals surface area contributed by atoms with Crippen LogP contribution in [0.25, 0.3) is 5.57 Å². The summed E-state index contributed by atoms with van der Waals surface area (Å²) in [7, 11) is 0. The summed E-state index contributed by atoms with van der Waals surface area (Å²) in [4.78, 5) is 11.0. The number of hydrogen-bond acceptors (Lipinski definition) is 3. The molecule has 1 fully saturated rings. The van der Waals surface area contributed by atoms with Gasteiger partial charge in [0.15, 0.2) is 11.5 Å². The van der Waals surface area contributed by atoms with Crippen LogP contribution in [-0.2, 0) is 0 Å². The molecule has 0 bridgehead atoms. The van der Waals surface area contributed by atoms with Crippen molar-refractivity contribution in [2.75, 3.05) is 0 Å². The Balaban J connectivity index is 1.84. The number of aromatic carboxylic acids is 1. The van der Waals surface area contributed by atoms with Crippen LogP contribution in [0.2, 0.25) is 0 Å². The molecule has 0 radical (unpaired) electrons. The molecule has 0 aliphatic heterocycles. The van der Waals surface area contributed by atoms with E-state index in [2.05, 4.69) is 11.2 Å². The summed E-state index contributed by atoms with van der Waals surface area (Å²) in [6.45, 7) is 1.77. The van der Waals surface area contributed by atoms with Gasteiger partial charge in [0.1, 0.15) is 0 Å². The van der Waals surface area contributed by atoms with Crippen LogP contribution in [0.5, 0.6) is 0 Å². The first kappa shape index (κ1) is 12.5. The van der Waals surface area contributed by atoms with Gasteiger partial charge in [-0.25, -0.2) is 4.79 Å². The van der Waals surface area contributed by atoms with Gasteiger partial charge in [0.25, 0.3) is 0 Å². The van der Waals surface area contributed by atoms with Crippen LogP contribution in [0.4, 0.5) is 0 Å². The predicted molar refractivity (Wildman–Crippen MR) is 70.9 cm³/mol. The largest absolute Gasteiger partial charge is 0.476 e. The molecule has 4 heteroatoms. The van der Waals surface area contributed by atoms with Crippen molar-refractivity contribution in [1.29, 1.82) is 0 Å². The van der Waals surface area contributed by atoms with Gasteiger partial charge in [-0.05, 0) is 50.0 Å². The van der Waals surface area contributed by atoms with Gasteiger partial charge in [-0.1, -0.05) is 24.1 Å². The molecule has 0 saturated heterocycles. The van der Waals surface area contributed by atoms with Crippen LogP contribution in [0.3, 0.4) is 0 Å². The minimum atomic E-state index is -1.02. The third kappa shape index (κ3) is 2.09. The second-order valence-electron chi connectivity index (χ2n) is 5.93. The van der Waals surface area contributed by atoms with E-state index in [4.69, 9.17) is 9.63 Å². The number of nitrogens with zero attached hydrogens (tertiary/aromatic N) is 1. The van der Waals surface area contributed by atoms with Crippen LogP contribution >= 0.6 is 0 Å². The van der Waals surface area contributed by atoms with Crippen molar-refractivity contribution in [3.8, 4) is 0 Å². The molecule has 2 aliphatic rings. The van der Waals surface area contributed by atoms with Crippen molar-refractivity contribution in [1.82, 2.24) is 5.16 Å². The molecule has 0 aromatic carbocycles. The SMILES string of the molecule is Cc1c(C(=O)O)noc1C1=CCC2(CCCC2)CC1. The van der Waals surface area contributed by atoms with E-state index >= 15 is 0 Å². The Kier molecular flexibility index (Phi) is 2.96. The van der Waals surface area contributed by atoms with Crippen molar-refractivity contribution >= 4 is 11.5 Å². The van der Waals surface area contributed by atoms with Gasteiger partial charge in [0.05, 0.1) is 0 Å². The highest BCUT2D eigenvalue weighted by Gasteiger charge is 2.36. The lowest BCUT2D eigenvalue weighted by Gasteiger charge is -2.32. The van der Waals surface area contributed by atoms with Gasteiger partial charge >= 0.3 is 5.97 Å². The van der Waals surface area contributed by atoms with E-state index in [1.165, 1.54) is 32.1 Å². The molecule has 19 heavy (non-hydrogen) atoms. The summed E-state index contributed by atoms with van der Waals surface area (Å²) >= 11 is 0. The van der Waals surface area contributed by atoms with Crippen LogP contribution in [0.1, 0.15) is 66.8 Å². The van der Waals surface area contributed by atoms with Crippen LogP contribution in [0.15, 0.2) is 10.6 Å². The van der Waals surface area contributed by atoms with E-state index < -0.39 is 5.97 Å². The smallest absolute Gasteiger partial charge is 0.358 e. The summed E-state index contributed by atoms with van der Waals surface area (Å²) in [6.07, 6.45) is 10.9. The van der Waals surface area contributed by atoms with E-state index in [1.54, 1.807) is 6.92 Å². The van der Waals surface area contributed by atoms with Gasteiger partial charge < -0.3 is 9.63 Å². The molecule has 102 valence electrons. The van der Waals surface area contributed by atoms with Crippen molar-refractivity contribution in [3.63, 3.8) is 0 Å². The van der Waals surface area contributed by atoms with E-state index in [-0.39, 0.29) is 5.69 Å². The molecular formula is C15H19NO3. The van der Waals surface area contributed by atoms with Gasteiger partial charge in [-0.15, -0.1) is 0 Å². The molecule has 0 amide bonds. The zero-order valence-corrected chi connectivity index (χ0v) is 11.2.